The first-order valence-electron chi connectivity index (χ1n) is 10.3. The summed E-state index contributed by atoms with van der Waals surface area (Å²) in [5.74, 6) is 0.685. The van der Waals surface area contributed by atoms with Gasteiger partial charge in [0.05, 0.1) is 11.4 Å². The highest BCUT2D eigenvalue weighted by Crippen LogP contribution is 2.24. The molecule has 2 heterocycles. The van der Waals surface area contributed by atoms with Crippen molar-refractivity contribution in [3.05, 3.63) is 54.4 Å². The van der Waals surface area contributed by atoms with Gasteiger partial charge in [-0.05, 0) is 43.5 Å². The number of hydrogen-bond donors (Lipinski definition) is 2. The molecule has 1 saturated heterocycles. The minimum atomic E-state index is -3.48. The number of rotatable bonds is 8. The molecule has 1 aromatic carbocycles. The Morgan fingerprint density at radius 1 is 1.03 bits per heavy atom. The number of nitrogens with zero attached hydrogens (tertiary/aromatic N) is 3. The fourth-order valence-corrected chi connectivity index (χ4v) is 5.19. The molecule has 29 heavy (non-hydrogen) atoms. The van der Waals surface area contributed by atoms with Gasteiger partial charge in [0.1, 0.15) is 0 Å². The minimum absolute atomic E-state index is 0.308. The molecule has 0 amide bonds. The van der Waals surface area contributed by atoms with E-state index in [2.05, 4.69) is 20.2 Å². The molecule has 0 spiro atoms. The molecule has 0 unspecified atom stereocenters. The molecule has 2 aromatic rings. The molecule has 0 aliphatic carbocycles. The van der Waals surface area contributed by atoms with E-state index < -0.39 is 10.0 Å². The maximum Gasteiger partial charge on any atom is 0.243 e. The molecule has 0 saturated carbocycles. The van der Waals surface area contributed by atoms with Crippen LogP contribution in [0.3, 0.4) is 0 Å². The molecular weight excluding hydrogens is 386 g/mol. The zero-order valence-electron chi connectivity index (χ0n) is 17.0. The van der Waals surface area contributed by atoms with Crippen LogP contribution >= 0.6 is 0 Å². The van der Waals surface area contributed by atoms with E-state index in [0.717, 1.165) is 44.5 Å². The van der Waals surface area contributed by atoms with Crippen LogP contribution in [0.15, 0.2) is 58.7 Å². The van der Waals surface area contributed by atoms with Crippen LogP contribution in [-0.2, 0) is 23.1 Å². The van der Waals surface area contributed by atoms with Crippen molar-refractivity contribution in [2.75, 3.05) is 26.2 Å². The van der Waals surface area contributed by atoms with Gasteiger partial charge in [-0.1, -0.05) is 24.6 Å². The van der Waals surface area contributed by atoms with Gasteiger partial charge in [-0.3, -0.25) is 0 Å². The third-order valence-electron chi connectivity index (χ3n) is 4.99. The molecule has 1 aliphatic heterocycles. The number of aromatic nitrogens is 1. The van der Waals surface area contributed by atoms with Crippen molar-refractivity contribution < 1.29 is 8.42 Å². The molecule has 0 radical (unpaired) electrons. The lowest BCUT2D eigenvalue weighted by atomic mass is 10.2. The highest BCUT2D eigenvalue weighted by Gasteiger charge is 2.27. The zero-order valence-corrected chi connectivity index (χ0v) is 17.9. The van der Waals surface area contributed by atoms with Gasteiger partial charge in [0, 0.05) is 45.1 Å². The molecule has 1 aromatic heterocycles. The molecule has 1 fully saturated rings. The lowest BCUT2D eigenvalue weighted by Crippen LogP contribution is -2.39. The third kappa shape index (κ3) is 5.83. The first-order valence-corrected chi connectivity index (χ1v) is 11.8. The van der Waals surface area contributed by atoms with Crippen LogP contribution in [0, 0.1) is 0 Å². The lowest BCUT2D eigenvalue weighted by Gasteiger charge is -2.26. The zero-order chi connectivity index (χ0) is 20.5. The van der Waals surface area contributed by atoms with Gasteiger partial charge >= 0.3 is 0 Å². The van der Waals surface area contributed by atoms with Crippen molar-refractivity contribution in [3.8, 4) is 0 Å². The van der Waals surface area contributed by atoms with Crippen molar-refractivity contribution in [1.82, 2.24) is 19.5 Å². The summed E-state index contributed by atoms with van der Waals surface area (Å²) in [5, 5.41) is 6.53. The monoisotopic (exact) mass is 417 g/mol. The maximum absolute atomic E-state index is 13.1. The second kappa shape index (κ2) is 10.5. The first-order chi connectivity index (χ1) is 14.1. The van der Waals surface area contributed by atoms with Gasteiger partial charge in [-0.25, -0.2) is 13.4 Å². The minimum Gasteiger partial charge on any atom is -0.357 e. The number of piperidine rings is 1. The van der Waals surface area contributed by atoms with Crippen LogP contribution in [0.25, 0.3) is 0 Å². The summed E-state index contributed by atoms with van der Waals surface area (Å²) >= 11 is 0. The SMILES string of the molecule is CCNC(=NCc1ccccc1S(=O)(=O)N1CCCCC1)NCCn1cccc1. The van der Waals surface area contributed by atoms with Gasteiger partial charge in [0.25, 0.3) is 0 Å². The first kappa shape index (κ1) is 21.4. The largest absolute Gasteiger partial charge is 0.357 e. The smallest absolute Gasteiger partial charge is 0.243 e. The van der Waals surface area contributed by atoms with E-state index in [9.17, 15) is 8.42 Å². The summed E-state index contributed by atoms with van der Waals surface area (Å²) in [5.41, 5.74) is 0.723. The molecule has 1 aliphatic rings. The van der Waals surface area contributed by atoms with E-state index in [1.54, 1.807) is 16.4 Å². The summed E-state index contributed by atoms with van der Waals surface area (Å²) in [4.78, 5) is 4.99. The van der Waals surface area contributed by atoms with E-state index in [1.807, 2.05) is 43.6 Å². The van der Waals surface area contributed by atoms with E-state index >= 15 is 0 Å². The van der Waals surface area contributed by atoms with Crippen molar-refractivity contribution in [1.29, 1.82) is 0 Å². The normalized spacial score (nSPS) is 16.0. The van der Waals surface area contributed by atoms with Crippen molar-refractivity contribution in [3.63, 3.8) is 0 Å². The van der Waals surface area contributed by atoms with Crippen LogP contribution in [0.1, 0.15) is 31.7 Å². The number of hydrogen-bond acceptors (Lipinski definition) is 3. The van der Waals surface area contributed by atoms with Gasteiger partial charge in [-0.15, -0.1) is 0 Å². The fraction of sp³-hybridized carbons (Fsp3) is 0.476. The van der Waals surface area contributed by atoms with Crippen LogP contribution in [0.4, 0.5) is 0 Å². The molecule has 2 N–H and O–H groups in total. The van der Waals surface area contributed by atoms with E-state index in [1.165, 1.54) is 0 Å². The Hall–Kier alpha value is -2.32. The quantitative estimate of drug-likeness (QED) is 0.511. The molecule has 7 nitrogen and oxygen atoms in total. The fourth-order valence-electron chi connectivity index (χ4n) is 3.46. The van der Waals surface area contributed by atoms with Crippen molar-refractivity contribution in [2.45, 2.75) is 44.2 Å². The van der Waals surface area contributed by atoms with Crippen LogP contribution in [0.5, 0.6) is 0 Å². The van der Waals surface area contributed by atoms with E-state index in [0.29, 0.717) is 30.5 Å². The van der Waals surface area contributed by atoms with E-state index in [-0.39, 0.29) is 0 Å². The summed E-state index contributed by atoms with van der Waals surface area (Å²) < 4.78 is 30.0. The Kier molecular flexibility index (Phi) is 7.71. The third-order valence-corrected chi connectivity index (χ3v) is 6.98. The maximum atomic E-state index is 13.1. The standard InChI is InChI=1S/C21H31N5O2S/c1-2-22-21(23-12-17-25-13-8-9-14-25)24-18-19-10-4-5-11-20(19)29(27,28)26-15-6-3-7-16-26/h4-5,8-11,13-14H,2-3,6-7,12,15-18H2,1H3,(H2,22,23,24). The second-order valence-corrected chi connectivity index (χ2v) is 9.02. The van der Waals surface area contributed by atoms with Crippen LogP contribution in [-0.4, -0.2) is 49.4 Å². The lowest BCUT2D eigenvalue weighted by molar-refractivity contribution is 0.346. The number of nitrogens with one attached hydrogen (secondary N) is 2. The van der Waals surface area contributed by atoms with Crippen molar-refractivity contribution in [2.24, 2.45) is 4.99 Å². The van der Waals surface area contributed by atoms with Crippen LogP contribution in [0.2, 0.25) is 0 Å². The molecule has 0 bridgehead atoms. The Morgan fingerprint density at radius 2 is 1.76 bits per heavy atom. The highest BCUT2D eigenvalue weighted by atomic mass is 32.2. The Morgan fingerprint density at radius 3 is 2.48 bits per heavy atom. The predicted octanol–water partition coefficient (Wildman–Crippen LogP) is 2.42. The number of sulfonamides is 1. The van der Waals surface area contributed by atoms with Gasteiger partial charge in [0.2, 0.25) is 10.0 Å². The Bertz CT molecular complexity index is 888. The number of benzene rings is 1. The van der Waals surface area contributed by atoms with Crippen LogP contribution < -0.4 is 10.6 Å². The summed E-state index contributed by atoms with van der Waals surface area (Å²) in [6, 6.07) is 11.2. The van der Waals surface area contributed by atoms with Gasteiger partial charge in [-0.2, -0.15) is 4.31 Å². The summed E-state index contributed by atoms with van der Waals surface area (Å²) in [6.45, 7) is 5.82. The number of guanidine groups is 1. The number of aliphatic imine (C=N–C) groups is 1. The summed E-state index contributed by atoms with van der Waals surface area (Å²) in [7, 11) is -3.48. The molecule has 158 valence electrons. The molecule has 8 heteroatoms. The topological polar surface area (TPSA) is 78.7 Å². The molecule has 3 rings (SSSR count). The Balaban J connectivity index is 1.70. The van der Waals surface area contributed by atoms with E-state index in [4.69, 9.17) is 0 Å². The van der Waals surface area contributed by atoms with Gasteiger partial charge in [0.15, 0.2) is 5.96 Å². The average molecular weight is 418 g/mol. The van der Waals surface area contributed by atoms with Crippen molar-refractivity contribution >= 4 is 16.0 Å². The predicted molar refractivity (Wildman–Crippen MR) is 116 cm³/mol. The summed E-state index contributed by atoms with van der Waals surface area (Å²) in [6.07, 6.45) is 6.99. The Labute approximate surface area is 173 Å². The molecular formula is C21H31N5O2S. The second-order valence-electron chi connectivity index (χ2n) is 7.12. The van der Waals surface area contributed by atoms with Gasteiger partial charge < -0.3 is 15.2 Å². The highest BCUT2D eigenvalue weighted by molar-refractivity contribution is 7.89. The molecule has 0 atom stereocenters. The average Bonchev–Trinajstić information content (AvgIpc) is 3.26.